The zero-order valence-electron chi connectivity index (χ0n) is 13.9. The van der Waals surface area contributed by atoms with Crippen LogP contribution in [0.4, 0.5) is 4.39 Å². The van der Waals surface area contributed by atoms with Gasteiger partial charge in [-0.25, -0.2) is 4.39 Å². The molecule has 0 radical (unpaired) electrons. The monoisotopic (exact) mass is 364 g/mol. The van der Waals surface area contributed by atoms with Gasteiger partial charge < -0.3 is 15.4 Å². The number of carbonyl (C=O) groups excluding carboxylic acids is 2. The molecule has 0 aliphatic rings. The van der Waals surface area contributed by atoms with Crippen LogP contribution in [0.5, 0.6) is 5.75 Å². The summed E-state index contributed by atoms with van der Waals surface area (Å²) >= 11 is 5.89. The molecule has 0 aliphatic carbocycles. The third-order valence-electron chi connectivity index (χ3n) is 3.54. The number of carbonyl (C=O) groups is 2. The van der Waals surface area contributed by atoms with Crippen molar-refractivity contribution in [3.63, 3.8) is 0 Å². The van der Waals surface area contributed by atoms with E-state index in [0.717, 1.165) is 0 Å². The molecule has 0 saturated carbocycles. The molecule has 2 amide bonds. The van der Waals surface area contributed by atoms with Crippen molar-refractivity contribution in [1.29, 1.82) is 0 Å². The maximum atomic E-state index is 13.5. The first-order valence-electron chi connectivity index (χ1n) is 7.58. The van der Waals surface area contributed by atoms with Crippen LogP contribution in [-0.4, -0.2) is 32.0 Å². The van der Waals surface area contributed by atoms with Gasteiger partial charge in [0.25, 0.3) is 11.8 Å². The molecule has 2 N–H and O–H groups in total. The molecule has 0 aliphatic heterocycles. The Balaban J connectivity index is 1.86. The summed E-state index contributed by atoms with van der Waals surface area (Å²) in [4.78, 5) is 24.1. The Morgan fingerprint density at radius 1 is 1.08 bits per heavy atom. The summed E-state index contributed by atoms with van der Waals surface area (Å²) in [5.74, 6) is -0.807. The molecule has 0 unspecified atom stereocenters. The Morgan fingerprint density at radius 2 is 1.76 bits per heavy atom. The van der Waals surface area contributed by atoms with E-state index in [1.807, 2.05) is 0 Å². The molecule has 2 aromatic carbocycles. The Morgan fingerprint density at radius 3 is 2.40 bits per heavy atom. The lowest BCUT2D eigenvalue weighted by atomic mass is 10.1. The first-order chi connectivity index (χ1) is 11.9. The van der Waals surface area contributed by atoms with Crippen LogP contribution in [0.25, 0.3) is 0 Å². The van der Waals surface area contributed by atoms with E-state index in [4.69, 9.17) is 16.3 Å². The van der Waals surface area contributed by atoms with E-state index in [-0.39, 0.29) is 24.6 Å². The summed E-state index contributed by atoms with van der Waals surface area (Å²) in [6.07, 6.45) is 0. The number of benzene rings is 2. The van der Waals surface area contributed by atoms with Gasteiger partial charge in [0.15, 0.2) is 0 Å². The lowest BCUT2D eigenvalue weighted by molar-refractivity contribution is 0.0926. The van der Waals surface area contributed by atoms with Gasteiger partial charge in [0.2, 0.25) is 0 Å². The normalized spacial score (nSPS) is 10.2. The second kappa shape index (κ2) is 8.48. The molecule has 7 heteroatoms. The standard InChI is InChI=1S/C18H18ClFN2O3/c1-11-3-4-12(9-15(11)20)17(23)21-7-8-22-18(24)14-10-13(19)5-6-16(14)25-2/h3-6,9-10H,7-8H2,1-2H3,(H,21,23)(H,22,24). The highest BCUT2D eigenvalue weighted by Crippen LogP contribution is 2.22. The van der Waals surface area contributed by atoms with Crippen molar-refractivity contribution in [3.05, 3.63) is 63.9 Å². The van der Waals surface area contributed by atoms with Gasteiger partial charge >= 0.3 is 0 Å². The first-order valence-corrected chi connectivity index (χ1v) is 7.96. The van der Waals surface area contributed by atoms with Gasteiger partial charge in [0, 0.05) is 23.7 Å². The van der Waals surface area contributed by atoms with E-state index < -0.39 is 11.7 Å². The highest BCUT2D eigenvalue weighted by molar-refractivity contribution is 6.31. The molecular formula is C18H18ClFN2O3. The molecule has 5 nitrogen and oxygen atoms in total. The third-order valence-corrected chi connectivity index (χ3v) is 3.77. The van der Waals surface area contributed by atoms with Crippen LogP contribution in [0.15, 0.2) is 36.4 Å². The molecule has 25 heavy (non-hydrogen) atoms. The number of methoxy groups -OCH3 is 1. The van der Waals surface area contributed by atoms with Crippen LogP contribution >= 0.6 is 11.6 Å². The Labute approximate surface area is 150 Å². The number of rotatable bonds is 6. The summed E-state index contributed by atoms with van der Waals surface area (Å²) in [5, 5.41) is 5.69. The second-order valence-corrected chi connectivity index (χ2v) is 5.76. The van der Waals surface area contributed by atoms with E-state index in [2.05, 4.69) is 10.6 Å². The van der Waals surface area contributed by atoms with Gasteiger partial charge in [-0.2, -0.15) is 0 Å². The molecule has 0 aromatic heterocycles. The Hall–Kier alpha value is -2.60. The minimum Gasteiger partial charge on any atom is -0.496 e. The zero-order valence-corrected chi connectivity index (χ0v) is 14.6. The summed E-state index contributed by atoms with van der Waals surface area (Å²) in [7, 11) is 1.46. The van der Waals surface area contributed by atoms with Gasteiger partial charge in [-0.15, -0.1) is 0 Å². The molecule has 132 valence electrons. The smallest absolute Gasteiger partial charge is 0.255 e. The molecular weight excluding hydrogens is 347 g/mol. The molecule has 0 fully saturated rings. The van der Waals surface area contributed by atoms with Gasteiger partial charge in [-0.3, -0.25) is 9.59 Å². The molecule has 2 aromatic rings. The van der Waals surface area contributed by atoms with Gasteiger partial charge in [0.05, 0.1) is 12.7 Å². The van der Waals surface area contributed by atoms with Crippen LogP contribution < -0.4 is 15.4 Å². The lowest BCUT2D eigenvalue weighted by Crippen LogP contribution is -2.34. The molecule has 0 spiro atoms. The summed E-state index contributed by atoms with van der Waals surface area (Å²) in [5.41, 5.74) is 1.01. The maximum Gasteiger partial charge on any atom is 0.255 e. The summed E-state index contributed by atoms with van der Waals surface area (Å²) < 4.78 is 18.6. The lowest BCUT2D eigenvalue weighted by Gasteiger charge is -2.10. The fourth-order valence-electron chi connectivity index (χ4n) is 2.14. The summed E-state index contributed by atoms with van der Waals surface area (Å²) in [6, 6.07) is 8.99. The largest absolute Gasteiger partial charge is 0.496 e. The van der Waals surface area contributed by atoms with Crippen molar-refractivity contribution in [3.8, 4) is 5.75 Å². The Bertz CT molecular complexity index is 796. The number of hydrogen-bond acceptors (Lipinski definition) is 3. The van der Waals surface area contributed by atoms with Crippen molar-refractivity contribution >= 4 is 23.4 Å². The SMILES string of the molecule is COc1ccc(Cl)cc1C(=O)NCCNC(=O)c1ccc(C)c(F)c1. The van der Waals surface area contributed by atoms with Gasteiger partial charge in [-0.1, -0.05) is 17.7 Å². The van der Waals surface area contributed by atoms with Crippen LogP contribution in [-0.2, 0) is 0 Å². The van der Waals surface area contributed by atoms with Crippen molar-refractivity contribution in [2.24, 2.45) is 0 Å². The fourth-order valence-corrected chi connectivity index (χ4v) is 2.31. The first kappa shape index (κ1) is 18.7. The van der Waals surface area contributed by atoms with Gasteiger partial charge in [-0.05, 0) is 42.8 Å². The van der Waals surface area contributed by atoms with Crippen LogP contribution in [0, 0.1) is 12.7 Å². The number of nitrogens with one attached hydrogen (secondary N) is 2. The van der Waals surface area contributed by atoms with E-state index in [1.54, 1.807) is 25.1 Å². The molecule has 0 heterocycles. The predicted molar refractivity (Wildman–Crippen MR) is 93.8 cm³/mol. The molecule has 0 bridgehead atoms. The quantitative estimate of drug-likeness (QED) is 0.774. The predicted octanol–water partition coefficient (Wildman–Crippen LogP) is 2.96. The third kappa shape index (κ3) is 4.93. The average Bonchev–Trinajstić information content (AvgIpc) is 2.60. The van der Waals surface area contributed by atoms with Crippen molar-refractivity contribution in [2.45, 2.75) is 6.92 Å². The van der Waals surface area contributed by atoms with E-state index in [0.29, 0.717) is 21.9 Å². The van der Waals surface area contributed by atoms with Crippen molar-refractivity contribution < 1.29 is 18.7 Å². The number of amides is 2. The minimum absolute atomic E-state index is 0.197. The minimum atomic E-state index is -0.436. The molecule has 0 atom stereocenters. The highest BCUT2D eigenvalue weighted by atomic mass is 35.5. The van der Waals surface area contributed by atoms with Crippen LogP contribution in [0.3, 0.4) is 0 Å². The maximum absolute atomic E-state index is 13.5. The number of aryl methyl sites for hydroxylation is 1. The van der Waals surface area contributed by atoms with Crippen molar-refractivity contribution in [1.82, 2.24) is 10.6 Å². The second-order valence-electron chi connectivity index (χ2n) is 5.32. The van der Waals surface area contributed by atoms with Crippen molar-refractivity contribution in [2.75, 3.05) is 20.2 Å². The van der Waals surface area contributed by atoms with E-state index in [1.165, 1.54) is 25.3 Å². The van der Waals surface area contributed by atoms with E-state index in [9.17, 15) is 14.0 Å². The van der Waals surface area contributed by atoms with E-state index >= 15 is 0 Å². The summed E-state index contributed by atoms with van der Waals surface area (Å²) in [6.45, 7) is 2.02. The fraction of sp³-hybridized carbons (Fsp3) is 0.222. The van der Waals surface area contributed by atoms with Gasteiger partial charge in [0.1, 0.15) is 11.6 Å². The topological polar surface area (TPSA) is 67.4 Å². The highest BCUT2D eigenvalue weighted by Gasteiger charge is 2.13. The zero-order chi connectivity index (χ0) is 18.4. The van der Waals surface area contributed by atoms with Crippen LogP contribution in [0.2, 0.25) is 5.02 Å². The average molecular weight is 365 g/mol. The molecule has 0 saturated heterocycles. The number of ether oxygens (including phenoxy) is 1. The molecule has 2 rings (SSSR count). The number of halogens is 2. The Kier molecular flexibility index (Phi) is 6.36. The number of hydrogen-bond donors (Lipinski definition) is 2. The van der Waals surface area contributed by atoms with Crippen LogP contribution in [0.1, 0.15) is 26.3 Å².